The molecular formula is C28H32Cl2N8O4. The number of nitrogens with two attached hydrogens (primary N) is 1. The second-order valence-electron chi connectivity index (χ2n) is 10.5. The maximum atomic E-state index is 13.5. The topological polar surface area (TPSA) is 135 Å². The molecule has 0 aliphatic carbocycles. The molecule has 0 amide bonds. The molecule has 3 unspecified atom stereocenters. The number of nitrogens with one attached hydrogen (secondary N) is 1. The molecule has 0 radical (unpaired) electrons. The van der Waals surface area contributed by atoms with Crippen molar-refractivity contribution in [1.82, 2.24) is 24.3 Å². The van der Waals surface area contributed by atoms with Crippen molar-refractivity contribution in [3.8, 4) is 22.6 Å². The standard InChI is InChI=1S/C28H32Cl2N8O4/c1-36-26-15(10-16(27(36)39)23-24(29)19(40-2)11-20(41-3)25(23)30)12-32-28(34-26)33-18-14-37(13-17(18)31)21-7-8-38(35-21)22-6-4-5-9-42-22/h7-8,10-12,17-18,22H,4-6,9,13-14,31H2,1-3H3,(H,32,33,34). The van der Waals surface area contributed by atoms with E-state index in [4.69, 9.17) is 48.2 Å². The third-order valence-electron chi connectivity index (χ3n) is 7.84. The fraction of sp³-hybridized carbons (Fsp3) is 0.429. The molecule has 2 aliphatic heterocycles. The number of hydrogen-bond donors (Lipinski definition) is 2. The maximum Gasteiger partial charge on any atom is 0.259 e. The van der Waals surface area contributed by atoms with Gasteiger partial charge in [0.25, 0.3) is 5.56 Å². The van der Waals surface area contributed by atoms with Crippen LogP contribution in [-0.4, -0.2) is 70.3 Å². The predicted octanol–water partition coefficient (Wildman–Crippen LogP) is 3.84. The van der Waals surface area contributed by atoms with Gasteiger partial charge in [-0.25, -0.2) is 9.67 Å². The van der Waals surface area contributed by atoms with Gasteiger partial charge in [-0.2, -0.15) is 10.1 Å². The highest BCUT2D eigenvalue weighted by Gasteiger charge is 2.32. The number of halogens is 2. The number of fused-ring (bicyclic) bond motifs is 1. The molecule has 5 heterocycles. The van der Waals surface area contributed by atoms with E-state index in [2.05, 4.69) is 20.2 Å². The molecule has 2 fully saturated rings. The van der Waals surface area contributed by atoms with E-state index in [1.54, 1.807) is 25.4 Å². The Morgan fingerprint density at radius 2 is 1.88 bits per heavy atom. The summed E-state index contributed by atoms with van der Waals surface area (Å²) < 4.78 is 19.9. The van der Waals surface area contributed by atoms with Crippen molar-refractivity contribution in [3.63, 3.8) is 0 Å². The first-order chi connectivity index (χ1) is 20.3. The van der Waals surface area contributed by atoms with Crippen molar-refractivity contribution in [1.29, 1.82) is 0 Å². The van der Waals surface area contributed by atoms with Crippen LogP contribution in [0.1, 0.15) is 25.5 Å². The van der Waals surface area contributed by atoms with E-state index >= 15 is 0 Å². The summed E-state index contributed by atoms with van der Waals surface area (Å²) >= 11 is 13.2. The number of pyridine rings is 1. The number of ether oxygens (including phenoxy) is 3. The number of anilines is 2. The molecule has 3 atom stereocenters. The van der Waals surface area contributed by atoms with E-state index < -0.39 is 0 Å². The monoisotopic (exact) mass is 614 g/mol. The van der Waals surface area contributed by atoms with Crippen molar-refractivity contribution >= 4 is 46.0 Å². The first kappa shape index (κ1) is 28.5. The van der Waals surface area contributed by atoms with Gasteiger partial charge in [0.1, 0.15) is 23.4 Å². The highest BCUT2D eigenvalue weighted by atomic mass is 35.5. The minimum absolute atomic E-state index is 0.0196. The van der Waals surface area contributed by atoms with Crippen molar-refractivity contribution in [2.24, 2.45) is 12.8 Å². The molecule has 42 heavy (non-hydrogen) atoms. The molecule has 0 bridgehead atoms. The number of benzene rings is 1. The first-order valence-corrected chi connectivity index (χ1v) is 14.5. The lowest BCUT2D eigenvalue weighted by Crippen LogP contribution is -2.39. The van der Waals surface area contributed by atoms with Gasteiger partial charge in [0.15, 0.2) is 5.82 Å². The van der Waals surface area contributed by atoms with Gasteiger partial charge < -0.3 is 30.2 Å². The molecule has 6 rings (SSSR count). The molecule has 0 saturated carbocycles. The van der Waals surface area contributed by atoms with Crippen LogP contribution in [-0.2, 0) is 11.8 Å². The number of rotatable bonds is 7. The summed E-state index contributed by atoms with van der Waals surface area (Å²) in [5.41, 5.74) is 7.20. The highest BCUT2D eigenvalue weighted by molar-refractivity contribution is 6.41. The van der Waals surface area contributed by atoms with E-state index in [1.807, 2.05) is 16.9 Å². The molecule has 12 nitrogen and oxygen atoms in total. The number of methoxy groups -OCH3 is 2. The molecule has 14 heteroatoms. The van der Waals surface area contributed by atoms with Gasteiger partial charge in [-0.05, 0) is 25.3 Å². The van der Waals surface area contributed by atoms with Crippen LogP contribution in [0.2, 0.25) is 10.0 Å². The molecule has 1 aromatic carbocycles. The van der Waals surface area contributed by atoms with Gasteiger partial charge in [0.05, 0.1) is 35.9 Å². The summed E-state index contributed by atoms with van der Waals surface area (Å²) in [5, 5.41) is 9.14. The fourth-order valence-corrected chi connectivity index (χ4v) is 6.25. The zero-order valence-corrected chi connectivity index (χ0v) is 25.0. The summed E-state index contributed by atoms with van der Waals surface area (Å²) in [6.07, 6.45) is 6.77. The second kappa shape index (κ2) is 11.6. The first-order valence-electron chi connectivity index (χ1n) is 13.7. The lowest BCUT2D eigenvalue weighted by molar-refractivity contribution is -0.0393. The van der Waals surface area contributed by atoms with Gasteiger partial charge in [-0.15, -0.1) is 0 Å². The van der Waals surface area contributed by atoms with Crippen LogP contribution in [0, 0.1) is 0 Å². The van der Waals surface area contributed by atoms with Crippen molar-refractivity contribution in [3.05, 3.63) is 51.0 Å². The average molecular weight is 616 g/mol. The normalized spacial score (nSPS) is 20.7. The minimum atomic E-state index is -0.340. The van der Waals surface area contributed by atoms with E-state index in [0.717, 1.165) is 31.7 Å². The molecule has 2 saturated heterocycles. The van der Waals surface area contributed by atoms with E-state index in [-0.39, 0.29) is 39.5 Å². The van der Waals surface area contributed by atoms with E-state index in [9.17, 15) is 4.79 Å². The van der Waals surface area contributed by atoms with Gasteiger partial charge in [-0.3, -0.25) is 9.36 Å². The number of nitrogens with zero attached hydrogens (tertiary/aromatic N) is 6. The Kier molecular flexibility index (Phi) is 7.88. The molecule has 0 spiro atoms. The second-order valence-corrected chi connectivity index (χ2v) is 11.2. The molecule has 3 N–H and O–H groups in total. The Balaban J connectivity index is 1.25. The SMILES string of the molecule is COc1cc(OC)c(Cl)c(-c2cc3cnc(NC4CN(c5ccn(C6CCCCO6)n5)CC4N)nc3n(C)c2=O)c1Cl. The zero-order chi connectivity index (χ0) is 29.5. The summed E-state index contributed by atoms with van der Waals surface area (Å²) in [6.45, 7) is 2.01. The van der Waals surface area contributed by atoms with Crippen molar-refractivity contribution in [2.45, 2.75) is 37.6 Å². The Bertz CT molecular complexity index is 1660. The predicted molar refractivity (Wildman–Crippen MR) is 162 cm³/mol. The van der Waals surface area contributed by atoms with Gasteiger partial charge >= 0.3 is 0 Å². The zero-order valence-electron chi connectivity index (χ0n) is 23.5. The Hall–Kier alpha value is -3.58. The summed E-state index contributed by atoms with van der Waals surface area (Å²) in [5.74, 6) is 1.89. The maximum absolute atomic E-state index is 13.5. The average Bonchev–Trinajstić information content (AvgIpc) is 3.64. The van der Waals surface area contributed by atoms with E-state index in [0.29, 0.717) is 47.1 Å². The van der Waals surface area contributed by atoms with Crippen LogP contribution in [0.4, 0.5) is 11.8 Å². The molecular weight excluding hydrogens is 583 g/mol. The summed E-state index contributed by atoms with van der Waals surface area (Å²) in [4.78, 5) is 24.9. The molecule has 2 aliphatic rings. The Labute approximate surface area is 252 Å². The minimum Gasteiger partial charge on any atom is -0.495 e. The Morgan fingerprint density at radius 1 is 1.12 bits per heavy atom. The summed E-state index contributed by atoms with van der Waals surface area (Å²) in [6, 6.07) is 4.93. The van der Waals surface area contributed by atoms with Crippen LogP contribution in [0.25, 0.3) is 22.2 Å². The largest absolute Gasteiger partial charge is 0.495 e. The fourth-order valence-electron chi connectivity index (χ4n) is 5.54. The highest BCUT2D eigenvalue weighted by Crippen LogP contribution is 2.45. The lowest BCUT2D eigenvalue weighted by Gasteiger charge is -2.23. The van der Waals surface area contributed by atoms with Crippen molar-refractivity contribution < 1.29 is 14.2 Å². The number of aromatic nitrogens is 5. The van der Waals surface area contributed by atoms with Gasteiger partial charge in [0, 0.05) is 68.3 Å². The van der Waals surface area contributed by atoms with Crippen LogP contribution >= 0.6 is 23.2 Å². The summed E-state index contributed by atoms with van der Waals surface area (Å²) in [7, 11) is 4.60. The molecule has 222 valence electrons. The smallest absolute Gasteiger partial charge is 0.259 e. The van der Waals surface area contributed by atoms with Crippen LogP contribution < -0.4 is 31.0 Å². The van der Waals surface area contributed by atoms with Gasteiger partial charge in [0.2, 0.25) is 5.95 Å². The van der Waals surface area contributed by atoms with Crippen molar-refractivity contribution in [2.75, 3.05) is 44.1 Å². The number of aryl methyl sites for hydroxylation is 1. The third kappa shape index (κ3) is 5.13. The third-order valence-corrected chi connectivity index (χ3v) is 8.59. The van der Waals surface area contributed by atoms with Crippen LogP contribution in [0.5, 0.6) is 11.5 Å². The molecule has 4 aromatic rings. The van der Waals surface area contributed by atoms with Crippen LogP contribution in [0.15, 0.2) is 35.4 Å². The quantitative estimate of drug-likeness (QED) is 0.316. The Morgan fingerprint density at radius 3 is 2.57 bits per heavy atom. The van der Waals surface area contributed by atoms with Crippen LogP contribution in [0.3, 0.4) is 0 Å². The number of hydrogen-bond acceptors (Lipinski definition) is 10. The lowest BCUT2D eigenvalue weighted by atomic mass is 10.0. The molecule has 3 aromatic heterocycles. The van der Waals surface area contributed by atoms with Gasteiger partial charge in [-0.1, -0.05) is 23.2 Å². The van der Waals surface area contributed by atoms with E-state index in [1.165, 1.54) is 18.8 Å².